The van der Waals surface area contributed by atoms with Crippen LogP contribution in [0, 0.1) is 0 Å². The summed E-state index contributed by atoms with van der Waals surface area (Å²) < 4.78 is 5.28. The largest absolute Gasteiger partial charge is 0.482 e. The van der Waals surface area contributed by atoms with Crippen molar-refractivity contribution in [2.24, 2.45) is 0 Å². The molecular formula is C12H13NO3. The molecule has 2 N–H and O–H groups in total. The number of aliphatic hydroxyl groups excluding tert-OH is 1. The molecule has 1 aromatic rings. The standard InChI is InChI=1S/C12H13NO3/c14-7-12(3-4-12)8-1-2-10-9(5-8)13-11(15)6-16-10/h1-2,5,14H,3-4,6-7H2,(H,13,15). The fraction of sp³-hybridized carbons (Fsp3) is 0.417. The summed E-state index contributed by atoms with van der Waals surface area (Å²) in [7, 11) is 0. The summed E-state index contributed by atoms with van der Waals surface area (Å²) in [6, 6.07) is 5.75. The maximum absolute atomic E-state index is 11.2. The van der Waals surface area contributed by atoms with E-state index in [1.807, 2.05) is 18.2 Å². The molecular weight excluding hydrogens is 206 g/mol. The molecule has 1 heterocycles. The average molecular weight is 219 g/mol. The van der Waals surface area contributed by atoms with E-state index in [0.29, 0.717) is 11.4 Å². The third-order valence-corrected chi connectivity index (χ3v) is 3.38. The minimum absolute atomic E-state index is 0.0722. The van der Waals surface area contributed by atoms with Crippen LogP contribution >= 0.6 is 0 Å². The molecule has 4 nitrogen and oxygen atoms in total. The molecule has 0 saturated heterocycles. The maximum Gasteiger partial charge on any atom is 0.262 e. The molecule has 1 amide bonds. The van der Waals surface area contributed by atoms with E-state index in [4.69, 9.17) is 4.74 Å². The highest BCUT2D eigenvalue weighted by Crippen LogP contribution is 2.49. The topological polar surface area (TPSA) is 58.6 Å². The Hall–Kier alpha value is -1.55. The maximum atomic E-state index is 11.2. The van der Waals surface area contributed by atoms with Crippen molar-refractivity contribution in [1.82, 2.24) is 0 Å². The third-order valence-electron chi connectivity index (χ3n) is 3.38. The van der Waals surface area contributed by atoms with Crippen molar-refractivity contribution < 1.29 is 14.6 Å². The highest BCUT2D eigenvalue weighted by molar-refractivity contribution is 5.95. The zero-order chi connectivity index (χ0) is 11.2. The Morgan fingerprint density at radius 3 is 2.94 bits per heavy atom. The number of carbonyl (C=O) groups excluding carboxylic acids is 1. The van der Waals surface area contributed by atoms with Crippen LogP contribution in [0.25, 0.3) is 0 Å². The second kappa shape index (κ2) is 3.22. The Kier molecular flexibility index (Phi) is 1.94. The highest BCUT2D eigenvalue weighted by Gasteiger charge is 2.44. The molecule has 3 rings (SSSR count). The van der Waals surface area contributed by atoms with E-state index < -0.39 is 0 Å². The van der Waals surface area contributed by atoms with Gasteiger partial charge in [-0.2, -0.15) is 0 Å². The lowest BCUT2D eigenvalue weighted by atomic mass is 9.96. The van der Waals surface area contributed by atoms with Crippen LogP contribution in [0.4, 0.5) is 5.69 Å². The van der Waals surface area contributed by atoms with Gasteiger partial charge in [0.1, 0.15) is 5.75 Å². The molecule has 1 saturated carbocycles. The van der Waals surface area contributed by atoms with Gasteiger partial charge in [-0.05, 0) is 30.5 Å². The van der Waals surface area contributed by atoms with Gasteiger partial charge < -0.3 is 15.2 Å². The van der Waals surface area contributed by atoms with Crippen LogP contribution in [0.15, 0.2) is 18.2 Å². The SMILES string of the molecule is O=C1COc2ccc(C3(CO)CC3)cc2N1. The summed E-state index contributed by atoms with van der Waals surface area (Å²) in [5.41, 5.74) is 1.73. The lowest BCUT2D eigenvalue weighted by Gasteiger charge is -2.20. The molecule has 1 aromatic carbocycles. The smallest absolute Gasteiger partial charge is 0.262 e. The first-order valence-corrected chi connectivity index (χ1v) is 5.42. The number of fused-ring (bicyclic) bond motifs is 1. The van der Waals surface area contributed by atoms with E-state index in [9.17, 15) is 9.90 Å². The van der Waals surface area contributed by atoms with Gasteiger partial charge in [-0.1, -0.05) is 6.07 Å². The van der Waals surface area contributed by atoms with Crippen LogP contribution in [0.1, 0.15) is 18.4 Å². The first-order chi connectivity index (χ1) is 7.73. The first kappa shape index (κ1) is 9.66. The highest BCUT2D eigenvalue weighted by atomic mass is 16.5. The van der Waals surface area contributed by atoms with E-state index in [-0.39, 0.29) is 24.5 Å². The fourth-order valence-electron chi connectivity index (χ4n) is 2.10. The molecule has 84 valence electrons. The second-order valence-electron chi connectivity index (χ2n) is 4.49. The van der Waals surface area contributed by atoms with Gasteiger partial charge in [0.25, 0.3) is 5.91 Å². The van der Waals surface area contributed by atoms with E-state index >= 15 is 0 Å². The zero-order valence-electron chi connectivity index (χ0n) is 8.82. The van der Waals surface area contributed by atoms with Gasteiger partial charge >= 0.3 is 0 Å². The number of amides is 1. The van der Waals surface area contributed by atoms with Gasteiger partial charge in [-0.3, -0.25) is 4.79 Å². The normalized spacial score (nSPS) is 20.7. The predicted molar refractivity (Wildman–Crippen MR) is 58.6 cm³/mol. The minimum Gasteiger partial charge on any atom is -0.482 e. The Bertz CT molecular complexity index is 452. The molecule has 0 spiro atoms. The van der Waals surface area contributed by atoms with Crippen LogP contribution in [-0.2, 0) is 10.2 Å². The Labute approximate surface area is 93.2 Å². The van der Waals surface area contributed by atoms with Gasteiger partial charge in [0.2, 0.25) is 0 Å². The first-order valence-electron chi connectivity index (χ1n) is 5.42. The number of rotatable bonds is 2. The molecule has 1 aliphatic carbocycles. The van der Waals surface area contributed by atoms with Crippen molar-refractivity contribution in [2.75, 3.05) is 18.5 Å². The number of hydrogen-bond donors (Lipinski definition) is 2. The van der Waals surface area contributed by atoms with Crippen molar-refractivity contribution in [3.8, 4) is 5.75 Å². The molecule has 0 bridgehead atoms. The minimum atomic E-state index is -0.126. The summed E-state index contributed by atoms with van der Waals surface area (Å²) in [6.45, 7) is 0.248. The summed E-state index contributed by atoms with van der Waals surface area (Å²) in [5, 5.41) is 12.1. The van der Waals surface area contributed by atoms with Gasteiger partial charge in [-0.15, -0.1) is 0 Å². The number of carbonyl (C=O) groups is 1. The summed E-state index contributed by atoms with van der Waals surface area (Å²) in [5.74, 6) is 0.579. The number of nitrogens with one attached hydrogen (secondary N) is 1. The molecule has 4 heteroatoms. The van der Waals surface area contributed by atoms with Crippen LogP contribution in [-0.4, -0.2) is 24.2 Å². The van der Waals surface area contributed by atoms with Gasteiger partial charge in [0, 0.05) is 5.41 Å². The fourth-order valence-corrected chi connectivity index (χ4v) is 2.10. The second-order valence-corrected chi connectivity index (χ2v) is 4.49. The van der Waals surface area contributed by atoms with Crippen LogP contribution in [0.3, 0.4) is 0 Å². The quantitative estimate of drug-likeness (QED) is 0.781. The Balaban J connectivity index is 1.98. The molecule has 2 aliphatic rings. The lowest BCUT2D eigenvalue weighted by molar-refractivity contribution is -0.118. The average Bonchev–Trinajstić information content (AvgIpc) is 3.09. The Morgan fingerprint density at radius 1 is 1.44 bits per heavy atom. The molecule has 16 heavy (non-hydrogen) atoms. The molecule has 0 unspecified atom stereocenters. The zero-order valence-corrected chi connectivity index (χ0v) is 8.82. The Morgan fingerprint density at radius 2 is 2.25 bits per heavy atom. The molecule has 0 atom stereocenters. The van der Waals surface area contributed by atoms with Crippen LogP contribution < -0.4 is 10.1 Å². The van der Waals surface area contributed by atoms with E-state index in [2.05, 4.69) is 5.32 Å². The van der Waals surface area contributed by atoms with Crippen molar-refractivity contribution in [2.45, 2.75) is 18.3 Å². The number of benzene rings is 1. The summed E-state index contributed by atoms with van der Waals surface area (Å²) in [6.07, 6.45) is 2.02. The summed E-state index contributed by atoms with van der Waals surface area (Å²) in [4.78, 5) is 11.2. The van der Waals surface area contributed by atoms with Crippen molar-refractivity contribution >= 4 is 11.6 Å². The molecule has 0 radical (unpaired) electrons. The molecule has 1 aliphatic heterocycles. The third kappa shape index (κ3) is 1.38. The van der Waals surface area contributed by atoms with E-state index in [1.54, 1.807) is 0 Å². The number of aliphatic hydroxyl groups is 1. The van der Waals surface area contributed by atoms with Crippen molar-refractivity contribution in [3.63, 3.8) is 0 Å². The van der Waals surface area contributed by atoms with Gasteiger partial charge in [-0.25, -0.2) is 0 Å². The monoisotopic (exact) mass is 219 g/mol. The van der Waals surface area contributed by atoms with Crippen LogP contribution in [0.2, 0.25) is 0 Å². The van der Waals surface area contributed by atoms with E-state index in [1.165, 1.54) is 0 Å². The van der Waals surface area contributed by atoms with Crippen LogP contribution in [0.5, 0.6) is 5.75 Å². The van der Waals surface area contributed by atoms with Gasteiger partial charge in [0.05, 0.1) is 12.3 Å². The number of ether oxygens (including phenoxy) is 1. The lowest BCUT2D eigenvalue weighted by Crippen LogP contribution is -2.25. The number of hydrogen-bond acceptors (Lipinski definition) is 3. The van der Waals surface area contributed by atoms with E-state index in [0.717, 1.165) is 18.4 Å². The predicted octanol–water partition coefficient (Wildman–Crippen LogP) is 1.04. The number of anilines is 1. The molecule has 1 fully saturated rings. The van der Waals surface area contributed by atoms with Crippen molar-refractivity contribution in [3.05, 3.63) is 23.8 Å². The van der Waals surface area contributed by atoms with Crippen molar-refractivity contribution in [1.29, 1.82) is 0 Å². The van der Waals surface area contributed by atoms with Gasteiger partial charge in [0.15, 0.2) is 6.61 Å². The summed E-state index contributed by atoms with van der Waals surface area (Å²) >= 11 is 0. The molecule has 0 aromatic heterocycles.